The highest BCUT2D eigenvalue weighted by Gasteiger charge is 2.17. The molecule has 1 atom stereocenters. The number of carbonyl (C=O) groups excluding carboxylic acids is 1. The van der Waals surface area contributed by atoms with Crippen molar-refractivity contribution in [2.45, 2.75) is 6.10 Å². The van der Waals surface area contributed by atoms with E-state index >= 15 is 0 Å². The zero-order chi connectivity index (χ0) is 22.3. The van der Waals surface area contributed by atoms with Crippen LogP contribution < -0.4 is 9.47 Å². The molecule has 3 aromatic carbocycles. The average molecular weight is 432 g/mol. The van der Waals surface area contributed by atoms with E-state index in [0.29, 0.717) is 22.6 Å². The Morgan fingerprint density at radius 2 is 1.62 bits per heavy atom. The number of hydrogen-bond acceptors (Lipinski definition) is 5. The summed E-state index contributed by atoms with van der Waals surface area (Å²) in [6.07, 6.45) is 2.24. The number of hydrogen-bond donors (Lipinski definition) is 1. The number of nitrogens with zero attached hydrogens (tertiary/aromatic N) is 2. The van der Waals surface area contributed by atoms with Crippen LogP contribution in [0.3, 0.4) is 0 Å². The predicted octanol–water partition coefficient (Wildman–Crippen LogP) is 4.06. The minimum atomic E-state index is -0.941. The van der Waals surface area contributed by atoms with Crippen molar-refractivity contribution < 1.29 is 23.8 Å². The molecule has 7 heteroatoms. The highest BCUT2D eigenvalue weighted by atomic mass is 19.1. The lowest BCUT2D eigenvalue weighted by atomic mass is 10.1. The highest BCUT2D eigenvalue weighted by molar-refractivity contribution is 6.10. The Kier molecular flexibility index (Phi) is 6.57. The normalized spacial score (nSPS) is 11.7. The molecule has 6 nitrogen and oxygen atoms in total. The first-order chi connectivity index (χ1) is 15.6. The molecule has 4 aromatic rings. The second-order valence-electron chi connectivity index (χ2n) is 7.06. The first-order valence-electron chi connectivity index (χ1n) is 10.0. The van der Waals surface area contributed by atoms with Crippen molar-refractivity contribution in [3.63, 3.8) is 0 Å². The van der Waals surface area contributed by atoms with Gasteiger partial charge in [0.15, 0.2) is 5.78 Å². The lowest BCUT2D eigenvalue weighted by Crippen LogP contribution is -2.25. The number of aliphatic hydroxyl groups excluding tert-OH is 1. The summed E-state index contributed by atoms with van der Waals surface area (Å²) in [7, 11) is 0. The summed E-state index contributed by atoms with van der Waals surface area (Å²) < 4.78 is 25.7. The minimum Gasteiger partial charge on any atom is -0.491 e. The van der Waals surface area contributed by atoms with Gasteiger partial charge in [0.2, 0.25) is 0 Å². The van der Waals surface area contributed by atoms with Gasteiger partial charge in [0, 0.05) is 6.20 Å². The van der Waals surface area contributed by atoms with Crippen LogP contribution in [0.2, 0.25) is 0 Å². The van der Waals surface area contributed by atoms with Crippen LogP contribution in [-0.4, -0.2) is 40.0 Å². The summed E-state index contributed by atoms with van der Waals surface area (Å²) in [6.45, 7) is -0.111. The van der Waals surface area contributed by atoms with Crippen LogP contribution in [-0.2, 0) is 0 Å². The number of aliphatic hydroxyl groups is 1. The third-order valence-corrected chi connectivity index (χ3v) is 4.68. The summed E-state index contributed by atoms with van der Waals surface area (Å²) >= 11 is 0. The van der Waals surface area contributed by atoms with Gasteiger partial charge in [-0.25, -0.2) is 9.07 Å². The van der Waals surface area contributed by atoms with E-state index in [1.165, 1.54) is 30.5 Å². The maximum atomic E-state index is 13.0. The Bertz CT molecular complexity index is 1180. The molecule has 1 heterocycles. The molecule has 162 valence electrons. The molecule has 0 amide bonds. The summed E-state index contributed by atoms with van der Waals surface area (Å²) in [5, 5.41) is 14.5. The number of aromatic nitrogens is 2. The van der Waals surface area contributed by atoms with Crippen molar-refractivity contribution in [1.82, 2.24) is 9.78 Å². The molecule has 1 aromatic heterocycles. The summed E-state index contributed by atoms with van der Waals surface area (Å²) in [5.74, 6) is 0.193. The van der Waals surface area contributed by atoms with Gasteiger partial charge in [-0.1, -0.05) is 30.3 Å². The van der Waals surface area contributed by atoms with E-state index in [4.69, 9.17) is 9.47 Å². The number of carbonyl (C=O) groups is 1. The molecule has 0 fully saturated rings. The Morgan fingerprint density at radius 1 is 0.938 bits per heavy atom. The third-order valence-electron chi connectivity index (χ3n) is 4.68. The zero-order valence-corrected chi connectivity index (χ0v) is 17.1. The average Bonchev–Trinajstić information content (AvgIpc) is 3.33. The lowest BCUT2D eigenvalue weighted by Gasteiger charge is -2.15. The number of halogens is 1. The van der Waals surface area contributed by atoms with Gasteiger partial charge >= 0.3 is 0 Å². The Balaban J connectivity index is 1.39. The summed E-state index contributed by atoms with van der Waals surface area (Å²) in [4.78, 5) is 13.0. The van der Waals surface area contributed by atoms with E-state index in [1.54, 1.807) is 35.1 Å². The van der Waals surface area contributed by atoms with Crippen LogP contribution in [0.1, 0.15) is 15.9 Å². The molecule has 0 bridgehead atoms. The number of benzene rings is 3. The van der Waals surface area contributed by atoms with Crippen molar-refractivity contribution in [3.05, 3.63) is 108 Å². The van der Waals surface area contributed by atoms with Crippen molar-refractivity contribution in [2.24, 2.45) is 0 Å². The van der Waals surface area contributed by atoms with Gasteiger partial charge in [0.25, 0.3) is 0 Å². The van der Waals surface area contributed by atoms with E-state index < -0.39 is 6.10 Å². The molecule has 0 unspecified atom stereocenters. The first kappa shape index (κ1) is 21.3. The van der Waals surface area contributed by atoms with Gasteiger partial charge in [-0.3, -0.25) is 4.79 Å². The standard InChI is InChI=1S/C25H21FN2O4/c26-19-10-12-22(13-11-19)31-16-21(29)17-32-24-9-5-4-8-23(24)25(30)18-14-27-28(15-18)20-6-2-1-3-7-20/h1-15,21,29H,16-17H2/t21-/m0/s1. The fourth-order valence-electron chi connectivity index (χ4n) is 3.05. The molecular formula is C25H21FN2O4. The molecule has 0 saturated carbocycles. The van der Waals surface area contributed by atoms with E-state index in [2.05, 4.69) is 5.10 Å². The molecule has 0 aliphatic heterocycles. The Hall–Kier alpha value is -3.97. The fourth-order valence-corrected chi connectivity index (χ4v) is 3.05. The van der Waals surface area contributed by atoms with Gasteiger partial charge in [0.1, 0.15) is 36.6 Å². The topological polar surface area (TPSA) is 73.6 Å². The molecule has 0 aliphatic carbocycles. The quantitative estimate of drug-likeness (QED) is 0.404. The highest BCUT2D eigenvalue weighted by Crippen LogP contribution is 2.22. The third kappa shape index (κ3) is 5.19. The number of rotatable bonds is 9. The van der Waals surface area contributed by atoms with E-state index in [9.17, 15) is 14.3 Å². The van der Waals surface area contributed by atoms with Gasteiger partial charge in [-0.2, -0.15) is 5.10 Å². The SMILES string of the molecule is O=C(c1cnn(-c2ccccc2)c1)c1ccccc1OC[C@@H](O)COc1ccc(F)cc1. The van der Waals surface area contributed by atoms with Crippen molar-refractivity contribution >= 4 is 5.78 Å². The van der Waals surface area contributed by atoms with Gasteiger partial charge in [0.05, 0.1) is 23.0 Å². The number of para-hydroxylation sites is 2. The Morgan fingerprint density at radius 3 is 2.41 bits per heavy atom. The van der Waals surface area contributed by atoms with Crippen LogP contribution >= 0.6 is 0 Å². The molecule has 0 spiro atoms. The second-order valence-corrected chi connectivity index (χ2v) is 7.06. The van der Waals surface area contributed by atoms with Crippen molar-refractivity contribution in [3.8, 4) is 17.2 Å². The molecular weight excluding hydrogens is 411 g/mol. The van der Waals surface area contributed by atoms with Crippen LogP contribution in [0.15, 0.2) is 91.3 Å². The first-order valence-corrected chi connectivity index (χ1v) is 10.0. The van der Waals surface area contributed by atoms with E-state index in [0.717, 1.165) is 5.69 Å². The second kappa shape index (κ2) is 9.89. The van der Waals surface area contributed by atoms with Crippen LogP contribution in [0.25, 0.3) is 5.69 Å². The molecule has 0 aliphatic rings. The molecule has 32 heavy (non-hydrogen) atoms. The minimum absolute atomic E-state index is 0.0361. The van der Waals surface area contributed by atoms with Crippen LogP contribution in [0, 0.1) is 5.82 Å². The number of ketones is 1. The fraction of sp³-hybridized carbons (Fsp3) is 0.120. The van der Waals surface area contributed by atoms with Crippen LogP contribution in [0.4, 0.5) is 4.39 Å². The van der Waals surface area contributed by atoms with Gasteiger partial charge in [-0.05, 0) is 48.5 Å². The van der Waals surface area contributed by atoms with E-state index in [-0.39, 0.29) is 24.8 Å². The predicted molar refractivity (Wildman–Crippen MR) is 117 cm³/mol. The maximum Gasteiger partial charge on any atom is 0.199 e. The Labute approximate surface area is 184 Å². The van der Waals surface area contributed by atoms with Crippen molar-refractivity contribution in [2.75, 3.05) is 13.2 Å². The van der Waals surface area contributed by atoms with Gasteiger partial charge in [-0.15, -0.1) is 0 Å². The number of ether oxygens (including phenoxy) is 2. The maximum absolute atomic E-state index is 13.0. The van der Waals surface area contributed by atoms with Gasteiger partial charge < -0.3 is 14.6 Å². The lowest BCUT2D eigenvalue weighted by molar-refractivity contribution is 0.0621. The van der Waals surface area contributed by atoms with Crippen molar-refractivity contribution in [1.29, 1.82) is 0 Å². The van der Waals surface area contributed by atoms with Crippen LogP contribution in [0.5, 0.6) is 11.5 Å². The monoisotopic (exact) mass is 432 g/mol. The summed E-state index contributed by atoms with van der Waals surface area (Å²) in [6, 6.07) is 21.8. The molecule has 0 radical (unpaired) electrons. The molecule has 0 saturated heterocycles. The smallest absolute Gasteiger partial charge is 0.199 e. The zero-order valence-electron chi connectivity index (χ0n) is 17.1. The molecule has 4 rings (SSSR count). The largest absolute Gasteiger partial charge is 0.491 e. The van der Waals surface area contributed by atoms with E-state index in [1.807, 2.05) is 30.3 Å². The summed E-state index contributed by atoms with van der Waals surface area (Å²) in [5.41, 5.74) is 1.64. The molecule has 1 N–H and O–H groups in total.